The number of rotatable bonds is 7. The second-order valence-corrected chi connectivity index (χ2v) is 6.12. The van der Waals surface area contributed by atoms with Crippen LogP contribution < -0.4 is 10.6 Å². The van der Waals surface area contributed by atoms with Gasteiger partial charge in [0.05, 0.1) is 17.5 Å². The number of thiophene rings is 1. The summed E-state index contributed by atoms with van der Waals surface area (Å²) >= 11 is 1.69. The summed E-state index contributed by atoms with van der Waals surface area (Å²) in [7, 11) is 0. The lowest BCUT2D eigenvalue weighted by Crippen LogP contribution is -2.38. The first-order valence-electron chi connectivity index (χ1n) is 7.52. The molecule has 134 valence electrons. The molecule has 0 radical (unpaired) electrons. The van der Waals surface area contributed by atoms with E-state index in [-0.39, 0.29) is 35.7 Å². The van der Waals surface area contributed by atoms with Crippen molar-refractivity contribution in [1.29, 1.82) is 0 Å². The Hall–Kier alpha value is -1.94. The molecule has 0 amide bonds. The molecule has 8 heteroatoms. The number of benzene rings is 1. The molecule has 0 aliphatic carbocycles. The number of hydrogen-bond acceptors (Lipinski definition) is 4. The Bertz CT molecular complexity index is 702. The van der Waals surface area contributed by atoms with Gasteiger partial charge in [0.1, 0.15) is 0 Å². The maximum absolute atomic E-state index is 10.7. The average Bonchev–Trinajstić information content (AvgIpc) is 3.12. The number of hydrogen-bond donors (Lipinski definition) is 2. The van der Waals surface area contributed by atoms with Gasteiger partial charge in [-0.2, -0.15) is 0 Å². The molecule has 0 aliphatic rings. The third-order valence-electron chi connectivity index (χ3n) is 3.30. The minimum atomic E-state index is -0.408. The second kappa shape index (κ2) is 10.8. The van der Waals surface area contributed by atoms with Gasteiger partial charge < -0.3 is 10.6 Å². The van der Waals surface area contributed by atoms with Gasteiger partial charge in [0.15, 0.2) is 5.96 Å². The van der Waals surface area contributed by atoms with Gasteiger partial charge in [-0.15, -0.1) is 41.9 Å². The van der Waals surface area contributed by atoms with Crippen molar-refractivity contribution in [3.63, 3.8) is 0 Å². The number of aliphatic imine (C=N–C) groups is 1. The van der Waals surface area contributed by atoms with E-state index in [1.165, 1.54) is 17.0 Å². The fraction of sp³-hybridized carbons (Fsp3) is 0.235. The summed E-state index contributed by atoms with van der Waals surface area (Å²) < 4.78 is 0. The highest BCUT2D eigenvalue weighted by Gasteiger charge is 2.09. The largest absolute Gasteiger partial charge is 0.353 e. The van der Waals surface area contributed by atoms with E-state index in [1.807, 2.05) is 11.4 Å². The highest BCUT2D eigenvalue weighted by atomic mass is 127. The molecule has 1 unspecified atom stereocenters. The molecule has 0 aliphatic heterocycles. The Morgan fingerprint density at radius 1 is 1.40 bits per heavy atom. The Balaban J connectivity index is 0.00000312. The molecular weight excluding hydrogens is 451 g/mol. The Labute approximate surface area is 168 Å². The fourth-order valence-corrected chi connectivity index (χ4v) is 2.76. The zero-order valence-electron chi connectivity index (χ0n) is 13.8. The summed E-state index contributed by atoms with van der Waals surface area (Å²) in [5.41, 5.74) is 0.987. The second-order valence-electron chi connectivity index (χ2n) is 5.14. The summed E-state index contributed by atoms with van der Waals surface area (Å²) in [6, 6.07) is 10.6. The van der Waals surface area contributed by atoms with E-state index in [4.69, 9.17) is 0 Å². The van der Waals surface area contributed by atoms with Gasteiger partial charge in [-0.05, 0) is 23.9 Å². The summed E-state index contributed by atoms with van der Waals surface area (Å²) in [6.45, 7) is 6.80. The first-order chi connectivity index (χ1) is 11.6. The normalized spacial score (nSPS) is 12.0. The highest BCUT2D eigenvalue weighted by molar-refractivity contribution is 14.0. The van der Waals surface area contributed by atoms with Gasteiger partial charge in [0.2, 0.25) is 0 Å². The molecule has 1 heterocycles. The number of halogens is 1. The molecule has 1 aromatic carbocycles. The van der Waals surface area contributed by atoms with Crippen molar-refractivity contribution < 1.29 is 4.92 Å². The van der Waals surface area contributed by atoms with E-state index in [2.05, 4.69) is 35.2 Å². The predicted octanol–water partition coefficient (Wildman–Crippen LogP) is 4.26. The molecule has 2 N–H and O–H groups in total. The van der Waals surface area contributed by atoms with Crippen molar-refractivity contribution >= 4 is 47.0 Å². The lowest BCUT2D eigenvalue weighted by atomic mass is 10.2. The minimum absolute atomic E-state index is 0. The van der Waals surface area contributed by atoms with Crippen LogP contribution in [0.2, 0.25) is 0 Å². The quantitative estimate of drug-likeness (QED) is 0.158. The van der Waals surface area contributed by atoms with Crippen molar-refractivity contribution in [2.75, 3.05) is 6.54 Å². The van der Waals surface area contributed by atoms with E-state index in [0.717, 1.165) is 5.56 Å². The van der Waals surface area contributed by atoms with E-state index < -0.39 is 4.92 Å². The first kappa shape index (κ1) is 21.1. The maximum Gasteiger partial charge on any atom is 0.269 e. The summed E-state index contributed by atoms with van der Waals surface area (Å²) in [5, 5.41) is 19.2. The first-order valence-corrected chi connectivity index (χ1v) is 8.40. The summed E-state index contributed by atoms with van der Waals surface area (Å²) in [4.78, 5) is 16.0. The van der Waals surface area contributed by atoms with Gasteiger partial charge in [-0.3, -0.25) is 10.1 Å². The molecule has 0 saturated carbocycles. The van der Waals surface area contributed by atoms with E-state index >= 15 is 0 Å². The molecule has 25 heavy (non-hydrogen) atoms. The van der Waals surface area contributed by atoms with Gasteiger partial charge in [-0.25, -0.2) is 4.99 Å². The number of nitro benzene ring substituents is 1. The van der Waals surface area contributed by atoms with Crippen LogP contribution in [0.1, 0.15) is 23.4 Å². The Morgan fingerprint density at radius 2 is 2.12 bits per heavy atom. The highest BCUT2D eigenvalue weighted by Crippen LogP contribution is 2.18. The summed E-state index contributed by atoms with van der Waals surface area (Å²) in [5.74, 6) is 0.675. The smallest absolute Gasteiger partial charge is 0.269 e. The van der Waals surface area contributed by atoms with Crippen LogP contribution >= 0.6 is 35.3 Å². The molecule has 0 fully saturated rings. The van der Waals surface area contributed by atoms with Crippen LogP contribution in [0.25, 0.3) is 0 Å². The van der Waals surface area contributed by atoms with Crippen LogP contribution in [-0.4, -0.2) is 17.4 Å². The third kappa shape index (κ3) is 6.83. The van der Waals surface area contributed by atoms with Crippen molar-refractivity contribution in [2.24, 2.45) is 4.99 Å². The molecule has 1 atom stereocenters. The van der Waals surface area contributed by atoms with Crippen LogP contribution in [0.15, 0.2) is 59.4 Å². The third-order valence-corrected chi connectivity index (χ3v) is 4.36. The number of nitrogens with one attached hydrogen (secondary N) is 2. The molecule has 6 nitrogen and oxygen atoms in total. The number of non-ortho nitro benzene ring substituents is 1. The van der Waals surface area contributed by atoms with Crippen molar-refractivity contribution in [2.45, 2.75) is 19.5 Å². The van der Waals surface area contributed by atoms with Crippen LogP contribution in [0.3, 0.4) is 0 Å². The molecule has 0 bridgehead atoms. The molecule has 2 aromatic rings. The minimum Gasteiger partial charge on any atom is -0.353 e. The zero-order chi connectivity index (χ0) is 17.4. The summed E-state index contributed by atoms with van der Waals surface area (Å²) in [6.07, 6.45) is 1.76. The molecule has 0 saturated heterocycles. The average molecular weight is 472 g/mol. The molecule has 1 aromatic heterocycles. The zero-order valence-corrected chi connectivity index (χ0v) is 17.0. The molecular formula is C17H21IN4O2S. The topological polar surface area (TPSA) is 79.6 Å². The SMILES string of the molecule is C=CCNC(=NCc1ccc([N+](=O)[O-])cc1)NC(C)c1cccs1.I. The van der Waals surface area contributed by atoms with Crippen molar-refractivity contribution in [3.05, 3.63) is 75.0 Å². The van der Waals surface area contributed by atoms with Crippen LogP contribution in [0.5, 0.6) is 0 Å². The standard InChI is InChI=1S/C17H20N4O2S.HI/c1-3-10-18-17(20-13(2)16-5-4-11-24-16)19-12-14-6-8-15(9-7-14)21(22)23;/h3-9,11,13H,1,10,12H2,2H3,(H2,18,19,20);1H. The van der Waals surface area contributed by atoms with Crippen molar-refractivity contribution in [3.8, 4) is 0 Å². The van der Waals surface area contributed by atoms with Gasteiger partial charge in [0.25, 0.3) is 5.69 Å². The van der Waals surface area contributed by atoms with E-state index in [0.29, 0.717) is 19.0 Å². The Kier molecular flexibility index (Phi) is 9.14. The molecule has 0 spiro atoms. The lowest BCUT2D eigenvalue weighted by molar-refractivity contribution is -0.384. The van der Waals surface area contributed by atoms with Gasteiger partial charge >= 0.3 is 0 Å². The fourth-order valence-electron chi connectivity index (χ4n) is 2.03. The van der Waals surface area contributed by atoms with E-state index in [1.54, 1.807) is 29.5 Å². The maximum atomic E-state index is 10.7. The van der Waals surface area contributed by atoms with E-state index in [9.17, 15) is 10.1 Å². The van der Waals surface area contributed by atoms with Crippen LogP contribution in [-0.2, 0) is 6.54 Å². The molecule has 2 rings (SSSR count). The van der Waals surface area contributed by atoms with Crippen LogP contribution in [0.4, 0.5) is 5.69 Å². The predicted molar refractivity (Wildman–Crippen MR) is 114 cm³/mol. The number of guanidine groups is 1. The monoisotopic (exact) mass is 472 g/mol. The van der Waals surface area contributed by atoms with Crippen molar-refractivity contribution in [1.82, 2.24) is 10.6 Å². The number of nitro groups is 1. The van der Waals surface area contributed by atoms with Gasteiger partial charge in [-0.1, -0.05) is 24.3 Å². The lowest BCUT2D eigenvalue weighted by Gasteiger charge is -2.16. The number of nitrogens with zero attached hydrogens (tertiary/aromatic N) is 2. The Morgan fingerprint density at radius 3 is 2.68 bits per heavy atom. The van der Waals surface area contributed by atoms with Crippen LogP contribution in [0, 0.1) is 10.1 Å². The van der Waals surface area contributed by atoms with Gasteiger partial charge in [0, 0.05) is 23.6 Å².